The topological polar surface area (TPSA) is 49.3 Å². The number of rotatable bonds is 2. The zero-order valence-electron chi connectivity index (χ0n) is 9.80. The second kappa shape index (κ2) is 5.48. The van der Waals surface area contributed by atoms with Gasteiger partial charge in [0.25, 0.3) is 0 Å². The molecule has 3 heteroatoms. The van der Waals surface area contributed by atoms with Gasteiger partial charge in [0.2, 0.25) is 0 Å². The van der Waals surface area contributed by atoms with Crippen molar-refractivity contribution in [3.63, 3.8) is 0 Å². The summed E-state index contributed by atoms with van der Waals surface area (Å²) < 4.78 is 0. The minimum Gasteiger partial charge on any atom is -0.478 e. The smallest absolute Gasteiger partial charge is 0.331 e. The first-order valence-corrected chi connectivity index (χ1v) is 6.45. The van der Waals surface area contributed by atoms with Crippen LogP contribution in [0, 0.1) is 5.92 Å². The molecule has 3 nitrogen and oxygen atoms in total. The van der Waals surface area contributed by atoms with E-state index in [4.69, 9.17) is 0 Å². The van der Waals surface area contributed by atoms with Crippen molar-refractivity contribution in [3.8, 4) is 0 Å². The number of hydrogen-bond acceptors (Lipinski definition) is 2. The monoisotopic (exact) mass is 223 g/mol. The number of carboxylic acid groups (broad SMARTS) is 1. The number of carboxylic acids is 1. The molecule has 1 aliphatic heterocycles. The van der Waals surface area contributed by atoms with Crippen LogP contribution in [0.3, 0.4) is 0 Å². The molecule has 1 saturated carbocycles. The van der Waals surface area contributed by atoms with Gasteiger partial charge in [0.1, 0.15) is 0 Å². The standard InChI is InChI=1S/C13H21NO2/c15-13(16)11-7-8-14-9-12(11)10-5-3-1-2-4-6-10/h10,14H,1-9H2,(H,15,16). The third kappa shape index (κ3) is 2.64. The zero-order chi connectivity index (χ0) is 11.4. The SMILES string of the molecule is O=C(O)C1=C(C2CCCCCC2)CNCC1. The first-order chi connectivity index (χ1) is 7.79. The molecule has 0 aromatic carbocycles. The van der Waals surface area contributed by atoms with Gasteiger partial charge in [-0.25, -0.2) is 4.79 Å². The summed E-state index contributed by atoms with van der Waals surface area (Å²) in [7, 11) is 0. The lowest BCUT2D eigenvalue weighted by molar-refractivity contribution is -0.133. The van der Waals surface area contributed by atoms with Gasteiger partial charge in [0.15, 0.2) is 0 Å². The van der Waals surface area contributed by atoms with Crippen molar-refractivity contribution in [1.29, 1.82) is 0 Å². The molecular formula is C13H21NO2. The molecule has 1 heterocycles. The number of nitrogens with one attached hydrogen (secondary N) is 1. The van der Waals surface area contributed by atoms with Gasteiger partial charge in [0.05, 0.1) is 0 Å². The lowest BCUT2D eigenvalue weighted by atomic mass is 9.85. The van der Waals surface area contributed by atoms with Crippen LogP contribution in [0.15, 0.2) is 11.1 Å². The van der Waals surface area contributed by atoms with Gasteiger partial charge < -0.3 is 10.4 Å². The van der Waals surface area contributed by atoms with E-state index in [2.05, 4.69) is 5.32 Å². The number of hydrogen-bond donors (Lipinski definition) is 2. The van der Waals surface area contributed by atoms with Gasteiger partial charge in [-0.15, -0.1) is 0 Å². The van der Waals surface area contributed by atoms with Gasteiger partial charge in [-0.1, -0.05) is 25.7 Å². The summed E-state index contributed by atoms with van der Waals surface area (Å²) in [6.07, 6.45) is 8.24. The van der Waals surface area contributed by atoms with E-state index in [9.17, 15) is 9.90 Å². The molecule has 90 valence electrons. The van der Waals surface area contributed by atoms with Crippen LogP contribution in [0.2, 0.25) is 0 Å². The van der Waals surface area contributed by atoms with Crippen LogP contribution in [0.1, 0.15) is 44.9 Å². The molecule has 1 fully saturated rings. The normalized spacial score (nSPS) is 24.2. The Morgan fingerprint density at radius 2 is 1.88 bits per heavy atom. The highest BCUT2D eigenvalue weighted by atomic mass is 16.4. The second-order valence-electron chi connectivity index (χ2n) is 4.92. The van der Waals surface area contributed by atoms with Gasteiger partial charge >= 0.3 is 5.97 Å². The lowest BCUT2D eigenvalue weighted by Gasteiger charge is -2.25. The maximum atomic E-state index is 11.2. The Balaban J connectivity index is 2.16. The van der Waals surface area contributed by atoms with Crippen LogP contribution >= 0.6 is 0 Å². The number of carbonyl (C=O) groups is 1. The predicted octanol–water partition coefficient (Wildman–Crippen LogP) is 2.33. The average Bonchev–Trinajstić information content (AvgIpc) is 2.57. The van der Waals surface area contributed by atoms with Gasteiger partial charge in [-0.05, 0) is 37.3 Å². The van der Waals surface area contributed by atoms with E-state index in [-0.39, 0.29) is 0 Å². The fourth-order valence-electron chi connectivity index (χ4n) is 2.97. The first kappa shape index (κ1) is 11.6. The van der Waals surface area contributed by atoms with Crippen molar-refractivity contribution in [1.82, 2.24) is 5.32 Å². The van der Waals surface area contributed by atoms with E-state index in [1.54, 1.807) is 0 Å². The van der Waals surface area contributed by atoms with Crippen molar-refractivity contribution >= 4 is 5.97 Å². The van der Waals surface area contributed by atoms with Crippen LogP contribution < -0.4 is 5.32 Å². The molecule has 0 saturated heterocycles. The molecule has 16 heavy (non-hydrogen) atoms. The summed E-state index contributed by atoms with van der Waals surface area (Å²) in [5, 5.41) is 12.5. The maximum absolute atomic E-state index is 11.2. The Morgan fingerprint density at radius 3 is 2.50 bits per heavy atom. The van der Waals surface area contributed by atoms with E-state index in [1.807, 2.05) is 0 Å². The molecule has 1 aliphatic carbocycles. The third-order valence-electron chi connectivity index (χ3n) is 3.86. The largest absolute Gasteiger partial charge is 0.478 e. The molecule has 2 rings (SSSR count). The summed E-state index contributed by atoms with van der Waals surface area (Å²) in [4.78, 5) is 11.2. The molecule has 0 atom stereocenters. The Morgan fingerprint density at radius 1 is 1.19 bits per heavy atom. The predicted molar refractivity (Wildman–Crippen MR) is 63.3 cm³/mol. The molecule has 0 aromatic rings. The zero-order valence-corrected chi connectivity index (χ0v) is 9.80. The quantitative estimate of drug-likeness (QED) is 0.706. The Bertz CT molecular complexity index is 288. The minimum absolute atomic E-state index is 0.529. The Hall–Kier alpha value is -0.830. The van der Waals surface area contributed by atoms with Crippen LogP contribution in [-0.4, -0.2) is 24.2 Å². The molecular weight excluding hydrogens is 202 g/mol. The second-order valence-corrected chi connectivity index (χ2v) is 4.92. The molecule has 0 amide bonds. The lowest BCUT2D eigenvalue weighted by Crippen LogP contribution is -2.31. The van der Waals surface area contributed by atoms with Crippen LogP contribution in [0.25, 0.3) is 0 Å². The molecule has 0 radical (unpaired) electrons. The van der Waals surface area contributed by atoms with E-state index >= 15 is 0 Å². The molecule has 2 aliphatic rings. The van der Waals surface area contributed by atoms with Gasteiger partial charge in [0, 0.05) is 12.1 Å². The molecule has 0 unspecified atom stereocenters. The highest BCUT2D eigenvalue weighted by molar-refractivity contribution is 5.88. The summed E-state index contributed by atoms with van der Waals surface area (Å²) in [5.41, 5.74) is 1.89. The maximum Gasteiger partial charge on any atom is 0.331 e. The fraction of sp³-hybridized carbons (Fsp3) is 0.769. The van der Waals surface area contributed by atoms with E-state index < -0.39 is 5.97 Å². The molecule has 0 bridgehead atoms. The van der Waals surface area contributed by atoms with E-state index in [0.29, 0.717) is 17.9 Å². The average molecular weight is 223 g/mol. The highest BCUT2D eigenvalue weighted by Crippen LogP contribution is 2.32. The highest BCUT2D eigenvalue weighted by Gasteiger charge is 2.25. The van der Waals surface area contributed by atoms with Crippen molar-refractivity contribution < 1.29 is 9.90 Å². The Labute approximate surface area is 96.9 Å². The van der Waals surface area contributed by atoms with Gasteiger partial charge in [-0.2, -0.15) is 0 Å². The minimum atomic E-state index is -0.694. The van der Waals surface area contributed by atoms with Crippen LogP contribution in [-0.2, 0) is 4.79 Å². The third-order valence-corrected chi connectivity index (χ3v) is 3.86. The summed E-state index contributed by atoms with van der Waals surface area (Å²) >= 11 is 0. The van der Waals surface area contributed by atoms with Crippen LogP contribution in [0.5, 0.6) is 0 Å². The van der Waals surface area contributed by atoms with E-state index in [1.165, 1.54) is 44.1 Å². The summed E-state index contributed by atoms with van der Waals surface area (Å²) in [6.45, 7) is 1.62. The Kier molecular flexibility index (Phi) is 3.99. The fourth-order valence-corrected chi connectivity index (χ4v) is 2.97. The molecule has 0 spiro atoms. The summed E-state index contributed by atoms with van der Waals surface area (Å²) in [6, 6.07) is 0. The number of aliphatic carboxylic acids is 1. The van der Waals surface area contributed by atoms with Gasteiger partial charge in [-0.3, -0.25) is 0 Å². The summed E-state index contributed by atoms with van der Waals surface area (Å²) in [5.74, 6) is -0.165. The van der Waals surface area contributed by atoms with Crippen molar-refractivity contribution in [2.45, 2.75) is 44.9 Å². The van der Waals surface area contributed by atoms with Crippen molar-refractivity contribution in [2.75, 3.05) is 13.1 Å². The van der Waals surface area contributed by atoms with E-state index in [0.717, 1.165) is 13.1 Å². The van der Waals surface area contributed by atoms with Crippen LogP contribution in [0.4, 0.5) is 0 Å². The van der Waals surface area contributed by atoms with Crippen molar-refractivity contribution in [3.05, 3.63) is 11.1 Å². The van der Waals surface area contributed by atoms with Crippen molar-refractivity contribution in [2.24, 2.45) is 5.92 Å². The molecule has 0 aromatic heterocycles. The molecule has 2 N–H and O–H groups in total. The first-order valence-electron chi connectivity index (χ1n) is 6.45.